The summed E-state index contributed by atoms with van der Waals surface area (Å²) in [5, 5.41) is 4.97. The maximum absolute atomic E-state index is 13.2. The number of carbonyl (C=O) groups is 3. The predicted molar refractivity (Wildman–Crippen MR) is 123 cm³/mol. The van der Waals surface area contributed by atoms with Crippen LogP contribution in [0.25, 0.3) is 22.4 Å². The van der Waals surface area contributed by atoms with Crippen LogP contribution in [0, 0.1) is 0 Å². The maximum atomic E-state index is 13.2. The van der Waals surface area contributed by atoms with Crippen LogP contribution in [0.15, 0.2) is 65.3 Å². The highest BCUT2D eigenvalue weighted by Gasteiger charge is 2.53. The first kappa shape index (κ1) is 20.8. The van der Waals surface area contributed by atoms with Gasteiger partial charge in [-0.05, 0) is 42.0 Å². The lowest BCUT2D eigenvalue weighted by atomic mass is 9.95. The highest BCUT2D eigenvalue weighted by atomic mass is 16.5. The molecule has 35 heavy (non-hydrogen) atoms. The van der Waals surface area contributed by atoms with E-state index in [2.05, 4.69) is 20.6 Å². The minimum atomic E-state index is -1.60. The molecule has 2 aliphatic heterocycles. The van der Waals surface area contributed by atoms with Crippen LogP contribution in [0.1, 0.15) is 21.7 Å². The van der Waals surface area contributed by atoms with E-state index in [1.807, 2.05) is 18.2 Å². The lowest BCUT2D eigenvalue weighted by Crippen LogP contribution is -2.52. The number of hydrogen-bond acceptors (Lipinski definition) is 7. The van der Waals surface area contributed by atoms with E-state index in [1.165, 1.54) is 12.0 Å². The molecule has 2 aliphatic rings. The van der Waals surface area contributed by atoms with Gasteiger partial charge in [0.2, 0.25) is 0 Å². The molecule has 1 saturated heterocycles. The molecular formula is C25H19N5O5. The molecule has 0 saturated carbocycles. The van der Waals surface area contributed by atoms with E-state index in [0.29, 0.717) is 28.1 Å². The maximum Gasteiger partial charge on any atom is 0.322 e. The number of furan rings is 1. The van der Waals surface area contributed by atoms with E-state index < -0.39 is 17.5 Å². The Balaban J connectivity index is 1.38. The zero-order valence-corrected chi connectivity index (χ0v) is 18.6. The summed E-state index contributed by atoms with van der Waals surface area (Å²) in [7, 11) is 1.53. The van der Waals surface area contributed by atoms with E-state index in [0.717, 1.165) is 11.1 Å². The smallest absolute Gasteiger partial charge is 0.322 e. The fourth-order valence-corrected chi connectivity index (χ4v) is 4.55. The molecule has 10 heteroatoms. The molecule has 3 aromatic heterocycles. The highest BCUT2D eigenvalue weighted by molar-refractivity contribution is 6.08. The Morgan fingerprint density at radius 1 is 1.09 bits per heavy atom. The number of nitrogens with zero attached hydrogens (tertiary/aromatic N) is 3. The third-order valence-corrected chi connectivity index (χ3v) is 6.34. The quantitative estimate of drug-likeness (QED) is 0.430. The highest BCUT2D eigenvalue weighted by Crippen LogP contribution is 2.35. The number of aromatic nitrogens is 2. The molecule has 1 atom stereocenters. The predicted octanol–water partition coefficient (Wildman–Crippen LogP) is 2.59. The van der Waals surface area contributed by atoms with Gasteiger partial charge < -0.3 is 19.4 Å². The van der Waals surface area contributed by atoms with Gasteiger partial charge in [-0.25, -0.2) is 9.78 Å². The average Bonchev–Trinajstić information content (AvgIpc) is 3.53. The van der Waals surface area contributed by atoms with Crippen molar-refractivity contribution in [1.29, 1.82) is 0 Å². The summed E-state index contributed by atoms with van der Waals surface area (Å²) < 4.78 is 11.3. The first-order valence-corrected chi connectivity index (χ1v) is 10.9. The van der Waals surface area contributed by atoms with Crippen LogP contribution >= 0.6 is 0 Å². The number of urea groups is 1. The number of ether oxygens (including phenoxy) is 1. The van der Waals surface area contributed by atoms with Gasteiger partial charge in [0, 0.05) is 36.1 Å². The number of nitrogens with one attached hydrogen (secondary N) is 2. The Morgan fingerprint density at radius 3 is 2.66 bits per heavy atom. The lowest BCUT2D eigenvalue weighted by molar-refractivity contribution is -0.125. The van der Waals surface area contributed by atoms with Crippen molar-refractivity contribution in [3.05, 3.63) is 77.8 Å². The van der Waals surface area contributed by atoms with Crippen LogP contribution in [0.3, 0.4) is 0 Å². The Bertz CT molecular complexity index is 1520. The summed E-state index contributed by atoms with van der Waals surface area (Å²) >= 11 is 0. The van der Waals surface area contributed by atoms with Crippen molar-refractivity contribution in [3.8, 4) is 17.0 Å². The van der Waals surface area contributed by atoms with Crippen LogP contribution in [-0.2, 0) is 16.9 Å². The van der Waals surface area contributed by atoms with Crippen LogP contribution in [-0.4, -0.2) is 46.4 Å². The Hall–Kier alpha value is -4.73. The number of benzene rings is 1. The number of amides is 4. The van der Waals surface area contributed by atoms with Gasteiger partial charge in [0.05, 0.1) is 19.3 Å². The standard InChI is InChI=1S/C25H19N5O5/c1-34-16-3-2-15-12-30(22(31)17(15)10-16)13-25(23(32)28-24(33)29-25)21-11-19-20(35-21)5-4-18(27-19)14-6-8-26-9-7-14/h2-11H,12-13H2,1H3,(H2,28,29,32,33). The van der Waals surface area contributed by atoms with Gasteiger partial charge >= 0.3 is 6.03 Å². The molecule has 2 N–H and O–H groups in total. The van der Waals surface area contributed by atoms with Gasteiger partial charge in [-0.1, -0.05) is 6.07 Å². The van der Waals surface area contributed by atoms with Crippen molar-refractivity contribution in [3.63, 3.8) is 0 Å². The topological polar surface area (TPSA) is 127 Å². The molecule has 4 amide bonds. The molecule has 0 spiro atoms. The van der Waals surface area contributed by atoms with Crippen molar-refractivity contribution in [2.24, 2.45) is 0 Å². The Morgan fingerprint density at radius 2 is 1.91 bits per heavy atom. The number of methoxy groups -OCH3 is 1. The van der Waals surface area contributed by atoms with Crippen LogP contribution in [0.5, 0.6) is 5.75 Å². The normalized spacial score (nSPS) is 19.1. The van der Waals surface area contributed by atoms with Crippen molar-refractivity contribution in [2.45, 2.75) is 12.1 Å². The first-order valence-electron chi connectivity index (χ1n) is 10.9. The van der Waals surface area contributed by atoms with Crippen molar-refractivity contribution in [2.75, 3.05) is 13.7 Å². The van der Waals surface area contributed by atoms with Crippen LogP contribution in [0.2, 0.25) is 0 Å². The number of imide groups is 1. The second-order valence-corrected chi connectivity index (χ2v) is 8.42. The summed E-state index contributed by atoms with van der Waals surface area (Å²) in [6, 6.07) is 13.5. The third kappa shape index (κ3) is 3.30. The second-order valence-electron chi connectivity index (χ2n) is 8.42. The van der Waals surface area contributed by atoms with Gasteiger partial charge in [0.1, 0.15) is 17.0 Å². The molecule has 4 aromatic rings. The lowest BCUT2D eigenvalue weighted by Gasteiger charge is -2.28. The number of fused-ring (bicyclic) bond motifs is 2. The van der Waals surface area contributed by atoms with Crippen molar-refractivity contribution >= 4 is 28.9 Å². The summed E-state index contributed by atoms with van der Waals surface area (Å²) in [6.45, 7) is 0.172. The van der Waals surface area contributed by atoms with Crippen LogP contribution in [0.4, 0.5) is 4.79 Å². The Kier molecular flexibility index (Phi) is 4.56. The summed E-state index contributed by atoms with van der Waals surface area (Å²) in [5.41, 5.74) is 2.26. The summed E-state index contributed by atoms with van der Waals surface area (Å²) in [6.07, 6.45) is 3.35. The minimum Gasteiger partial charge on any atom is -0.497 e. The molecule has 10 nitrogen and oxygen atoms in total. The summed E-state index contributed by atoms with van der Waals surface area (Å²) in [4.78, 5) is 48.7. The average molecular weight is 469 g/mol. The molecule has 1 aromatic carbocycles. The van der Waals surface area contributed by atoms with E-state index in [-0.39, 0.29) is 24.8 Å². The third-order valence-electron chi connectivity index (χ3n) is 6.34. The number of rotatable bonds is 5. The molecule has 0 aliphatic carbocycles. The Labute approximate surface area is 198 Å². The fraction of sp³-hybridized carbons (Fsp3) is 0.160. The molecule has 6 rings (SSSR count). The van der Waals surface area contributed by atoms with Crippen molar-refractivity contribution < 1.29 is 23.5 Å². The number of pyridine rings is 2. The SMILES string of the molecule is COc1ccc2c(c1)C(=O)N(CC1(c3cc4nc(-c5ccncc5)ccc4o3)NC(=O)NC1=O)C2. The van der Waals surface area contributed by atoms with E-state index >= 15 is 0 Å². The van der Waals surface area contributed by atoms with E-state index in [9.17, 15) is 14.4 Å². The molecule has 174 valence electrons. The molecule has 0 bridgehead atoms. The van der Waals surface area contributed by atoms with E-state index in [1.54, 1.807) is 42.7 Å². The number of carbonyl (C=O) groups excluding carboxylic acids is 3. The zero-order chi connectivity index (χ0) is 24.2. The molecule has 1 fully saturated rings. The molecule has 5 heterocycles. The largest absolute Gasteiger partial charge is 0.497 e. The first-order chi connectivity index (χ1) is 17.0. The zero-order valence-electron chi connectivity index (χ0n) is 18.6. The molecule has 1 unspecified atom stereocenters. The van der Waals surface area contributed by atoms with Gasteiger partial charge in [-0.2, -0.15) is 0 Å². The number of hydrogen-bond donors (Lipinski definition) is 2. The van der Waals surface area contributed by atoms with Gasteiger partial charge in [-0.15, -0.1) is 0 Å². The van der Waals surface area contributed by atoms with E-state index in [4.69, 9.17) is 9.15 Å². The molecular weight excluding hydrogens is 450 g/mol. The monoisotopic (exact) mass is 469 g/mol. The molecule has 0 radical (unpaired) electrons. The minimum absolute atomic E-state index is 0.114. The van der Waals surface area contributed by atoms with Gasteiger partial charge in [-0.3, -0.25) is 19.9 Å². The van der Waals surface area contributed by atoms with Gasteiger partial charge in [0.15, 0.2) is 11.1 Å². The van der Waals surface area contributed by atoms with Crippen molar-refractivity contribution in [1.82, 2.24) is 25.5 Å². The van der Waals surface area contributed by atoms with Gasteiger partial charge in [0.25, 0.3) is 11.8 Å². The van der Waals surface area contributed by atoms with Crippen LogP contribution < -0.4 is 15.4 Å². The summed E-state index contributed by atoms with van der Waals surface area (Å²) in [5.74, 6) is -0.107. The second kappa shape index (κ2) is 7.66. The fourth-order valence-electron chi connectivity index (χ4n) is 4.55.